The zero-order valence-corrected chi connectivity index (χ0v) is 20.0. The Balaban J connectivity index is 1.53. The van der Waals surface area contributed by atoms with Gasteiger partial charge in [0.25, 0.3) is 5.56 Å². The summed E-state index contributed by atoms with van der Waals surface area (Å²) in [5.74, 6) is 0.951. The summed E-state index contributed by atoms with van der Waals surface area (Å²) in [7, 11) is -1.95. The molecule has 0 amide bonds. The van der Waals surface area contributed by atoms with E-state index in [-0.39, 0.29) is 10.5 Å². The van der Waals surface area contributed by atoms with Gasteiger partial charge in [-0.2, -0.15) is 4.31 Å². The number of hydrogen-bond acceptors (Lipinski definition) is 7. The van der Waals surface area contributed by atoms with Crippen LogP contribution in [0, 0.1) is 0 Å². The molecule has 1 aliphatic rings. The summed E-state index contributed by atoms with van der Waals surface area (Å²) in [5, 5.41) is 3.48. The van der Waals surface area contributed by atoms with Crippen molar-refractivity contribution < 1.29 is 13.2 Å². The highest BCUT2D eigenvalue weighted by Gasteiger charge is 2.25. The van der Waals surface area contributed by atoms with Gasteiger partial charge < -0.3 is 15.0 Å². The standard InChI is InChI=1S/C25H25N5O4S/c1-34-22-8-4-3-7-19(22)20-15-21-23(25(31)27-16-26-21)24(29-20)28-17-9-11-18(12-10-17)35(32,33)30-13-5-2-6-14-30/h3-4,7-12,15-16H,2,5-6,13-14H2,1H3,(H,28,29)(H,26,27,31). The third-order valence-corrected chi connectivity index (χ3v) is 7.99. The maximum absolute atomic E-state index is 13.0. The van der Waals surface area contributed by atoms with Crippen LogP contribution in [0.3, 0.4) is 0 Å². The lowest BCUT2D eigenvalue weighted by molar-refractivity contribution is 0.346. The monoisotopic (exact) mass is 491 g/mol. The van der Waals surface area contributed by atoms with E-state index in [2.05, 4.69) is 15.3 Å². The van der Waals surface area contributed by atoms with Crippen LogP contribution >= 0.6 is 0 Å². The first-order valence-electron chi connectivity index (χ1n) is 11.4. The summed E-state index contributed by atoms with van der Waals surface area (Å²) in [6, 6.07) is 15.7. The highest BCUT2D eigenvalue weighted by Crippen LogP contribution is 2.32. The lowest BCUT2D eigenvalue weighted by Crippen LogP contribution is -2.35. The van der Waals surface area contributed by atoms with Crippen molar-refractivity contribution in [1.82, 2.24) is 19.3 Å². The Morgan fingerprint density at radius 3 is 2.51 bits per heavy atom. The van der Waals surface area contributed by atoms with Gasteiger partial charge in [0.15, 0.2) is 0 Å². The number of benzene rings is 2. The molecule has 0 unspecified atom stereocenters. The highest BCUT2D eigenvalue weighted by molar-refractivity contribution is 7.89. The molecule has 4 aromatic rings. The van der Waals surface area contributed by atoms with E-state index in [1.165, 1.54) is 10.6 Å². The number of piperidine rings is 1. The normalized spacial score (nSPS) is 14.7. The number of nitrogens with zero attached hydrogens (tertiary/aromatic N) is 3. The molecule has 1 aliphatic heterocycles. The Morgan fingerprint density at radius 1 is 1.03 bits per heavy atom. The third kappa shape index (κ3) is 4.50. The van der Waals surface area contributed by atoms with E-state index in [0.29, 0.717) is 46.9 Å². The van der Waals surface area contributed by atoms with Crippen molar-refractivity contribution in [3.8, 4) is 17.0 Å². The molecule has 1 fully saturated rings. The van der Waals surface area contributed by atoms with Gasteiger partial charge in [-0.1, -0.05) is 18.6 Å². The van der Waals surface area contributed by atoms with Crippen LogP contribution in [0.2, 0.25) is 0 Å². The molecule has 180 valence electrons. The van der Waals surface area contributed by atoms with Gasteiger partial charge in [-0.05, 0) is 55.3 Å². The van der Waals surface area contributed by atoms with E-state index in [1.807, 2.05) is 24.3 Å². The lowest BCUT2D eigenvalue weighted by Gasteiger charge is -2.25. The zero-order chi connectivity index (χ0) is 24.4. The molecule has 3 heterocycles. The number of ether oxygens (including phenoxy) is 1. The van der Waals surface area contributed by atoms with Crippen molar-refractivity contribution >= 4 is 32.4 Å². The van der Waals surface area contributed by atoms with Crippen molar-refractivity contribution in [3.05, 3.63) is 71.3 Å². The van der Waals surface area contributed by atoms with Gasteiger partial charge in [0.1, 0.15) is 17.0 Å². The van der Waals surface area contributed by atoms with Crippen molar-refractivity contribution in [2.24, 2.45) is 0 Å². The minimum atomic E-state index is -3.53. The summed E-state index contributed by atoms with van der Waals surface area (Å²) < 4.78 is 32.9. The molecular formula is C25H25N5O4S. The number of sulfonamides is 1. The molecule has 1 saturated heterocycles. The fourth-order valence-corrected chi connectivity index (χ4v) is 5.79. The number of anilines is 2. The fourth-order valence-electron chi connectivity index (χ4n) is 4.28. The smallest absolute Gasteiger partial charge is 0.262 e. The largest absolute Gasteiger partial charge is 0.496 e. The number of rotatable bonds is 6. The van der Waals surface area contributed by atoms with Crippen LogP contribution in [-0.4, -0.2) is 47.9 Å². The number of H-pyrrole nitrogens is 1. The number of fused-ring (bicyclic) bond motifs is 1. The highest BCUT2D eigenvalue weighted by atomic mass is 32.2. The molecule has 0 atom stereocenters. The van der Waals surface area contributed by atoms with Crippen LogP contribution < -0.4 is 15.6 Å². The maximum Gasteiger partial charge on any atom is 0.262 e. The molecule has 35 heavy (non-hydrogen) atoms. The number of methoxy groups -OCH3 is 1. The Bertz CT molecular complexity index is 1530. The van der Waals surface area contributed by atoms with E-state index < -0.39 is 10.0 Å². The number of para-hydroxylation sites is 1. The minimum absolute atomic E-state index is 0.241. The van der Waals surface area contributed by atoms with Gasteiger partial charge in [0.2, 0.25) is 10.0 Å². The van der Waals surface area contributed by atoms with Crippen molar-refractivity contribution in [2.75, 3.05) is 25.5 Å². The van der Waals surface area contributed by atoms with Gasteiger partial charge in [0.05, 0.1) is 29.5 Å². The van der Waals surface area contributed by atoms with Crippen LogP contribution in [0.1, 0.15) is 19.3 Å². The van der Waals surface area contributed by atoms with E-state index in [0.717, 1.165) is 24.8 Å². The molecule has 2 aromatic carbocycles. The molecule has 2 N–H and O–H groups in total. The summed E-state index contributed by atoms with van der Waals surface area (Å²) >= 11 is 0. The second-order valence-electron chi connectivity index (χ2n) is 8.30. The summed E-state index contributed by atoms with van der Waals surface area (Å²) in [6.45, 7) is 1.09. The topological polar surface area (TPSA) is 117 Å². The van der Waals surface area contributed by atoms with E-state index >= 15 is 0 Å². The van der Waals surface area contributed by atoms with Gasteiger partial charge in [-0.15, -0.1) is 0 Å². The number of pyridine rings is 1. The van der Waals surface area contributed by atoms with Crippen molar-refractivity contribution in [2.45, 2.75) is 24.2 Å². The first-order chi connectivity index (χ1) is 17.0. The molecule has 0 aliphatic carbocycles. The molecular weight excluding hydrogens is 466 g/mol. The predicted octanol–water partition coefficient (Wildman–Crippen LogP) is 3.91. The SMILES string of the molecule is COc1ccccc1-c1cc2nc[nH]c(=O)c2c(Nc2ccc(S(=O)(=O)N3CCCCC3)cc2)n1. The van der Waals surface area contributed by atoms with Gasteiger partial charge in [0, 0.05) is 24.3 Å². The molecule has 10 heteroatoms. The van der Waals surface area contributed by atoms with Gasteiger partial charge in [-0.25, -0.2) is 18.4 Å². The first-order valence-corrected chi connectivity index (χ1v) is 12.8. The molecule has 0 spiro atoms. The minimum Gasteiger partial charge on any atom is -0.496 e. The maximum atomic E-state index is 13.0. The Kier molecular flexibility index (Phi) is 6.23. The number of aromatic amines is 1. The van der Waals surface area contributed by atoms with Gasteiger partial charge in [-0.3, -0.25) is 4.79 Å². The molecule has 9 nitrogen and oxygen atoms in total. The number of nitrogens with one attached hydrogen (secondary N) is 2. The molecule has 0 radical (unpaired) electrons. The number of hydrogen-bond donors (Lipinski definition) is 2. The Morgan fingerprint density at radius 2 is 1.77 bits per heavy atom. The van der Waals surface area contributed by atoms with E-state index in [4.69, 9.17) is 9.72 Å². The average Bonchev–Trinajstić information content (AvgIpc) is 2.89. The average molecular weight is 492 g/mol. The fraction of sp³-hybridized carbons (Fsp3) is 0.240. The van der Waals surface area contributed by atoms with Crippen LogP contribution in [-0.2, 0) is 10.0 Å². The van der Waals surface area contributed by atoms with Crippen LogP contribution in [0.4, 0.5) is 11.5 Å². The third-order valence-electron chi connectivity index (χ3n) is 6.08. The molecule has 2 aromatic heterocycles. The summed E-state index contributed by atoms with van der Waals surface area (Å²) in [6.07, 6.45) is 4.16. The first kappa shape index (κ1) is 23.0. The second-order valence-corrected chi connectivity index (χ2v) is 10.2. The van der Waals surface area contributed by atoms with Gasteiger partial charge >= 0.3 is 0 Å². The summed E-state index contributed by atoms with van der Waals surface area (Å²) in [5.41, 5.74) is 2.07. The molecule has 0 bridgehead atoms. The van der Waals surface area contributed by atoms with E-state index in [1.54, 1.807) is 37.4 Å². The quantitative estimate of drug-likeness (QED) is 0.420. The Labute approximate surface area is 202 Å². The van der Waals surface area contributed by atoms with Crippen molar-refractivity contribution in [3.63, 3.8) is 0 Å². The lowest BCUT2D eigenvalue weighted by atomic mass is 10.1. The zero-order valence-electron chi connectivity index (χ0n) is 19.2. The Hall–Kier alpha value is -3.76. The molecule has 0 saturated carbocycles. The predicted molar refractivity (Wildman–Crippen MR) is 134 cm³/mol. The van der Waals surface area contributed by atoms with Crippen LogP contribution in [0.5, 0.6) is 5.75 Å². The van der Waals surface area contributed by atoms with Crippen LogP contribution in [0.15, 0.2) is 70.6 Å². The molecule has 5 rings (SSSR count). The van der Waals surface area contributed by atoms with Crippen molar-refractivity contribution in [1.29, 1.82) is 0 Å². The number of aromatic nitrogens is 3. The van der Waals surface area contributed by atoms with E-state index in [9.17, 15) is 13.2 Å². The second kappa shape index (κ2) is 9.47. The summed E-state index contributed by atoms with van der Waals surface area (Å²) in [4.78, 5) is 24.5. The van der Waals surface area contributed by atoms with Crippen LogP contribution in [0.25, 0.3) is 22.2 Å².